The van der Waals surface area contributed by atoms with Crippen LogP contribution in [0.25, 0.3) is 0 Å². The molecule has 0 saturated carbocycles. The van der Waals surface area contributed by atoms with Gasteiger partial charge in [-0.2, -0.15) is 0 Å². The molecular weight excluding hydrogens is 469 g/mol. The highest BCUT2D eigenvalue weighted by Gasteiger charge is 2.22. The molecule has 2 amide bonds. The Labute approximate surface area is 184 Å². The summed E-state index contributed by atoms with van der Waals surface area (Å²) in [4.78, 5) is 29.8. The van der Waals surface area contributed by atoms with E-state index in [2.05, 4.69) is 34.8 Å². The maximum atomic E-state index is 12.5. The fraction of sp³-hybridized carbons (Fsp3) is 0.550. The monoisotopic (exact) mass is 501 g/mol. The summed E-state index contributed by atoms with van der Waals surface area (Å²) in [5, 5.41) is 9.38. The van der Waals surface area contributed by atoms with Gasteiger partial charge in [-0.15, -0.1) is 24.0 Å². The van der Waals surface area contributed by atoms with Crippen molar-refractivity contribution in [2.75, 3.05) is 33.2 Å². The molecule has 28 heavy (non-hydrogen) atoms. The maximum Gasteiger partial charge on any atom is 0.254 e. The molecule has 0 spiro atoms. The van der Waals surface area contributed by atoms with Crippen LogP contribution in [-0.2, 0) is 11.3 Å². The molecule has 0 bridgehead atoms. The molecule has 0 radical (unpaired) electrons. The number of halogens is 1. The standard InChI is InChI=1S/C20H31N5O2.HI/c1-4-15(5-2)12-23-20(21-3)24-13-16-6-8-17(9-7-16)19(27)25-11-10-22-18(26)14-25;/h6-9,15H,4-5,10-14H2,1-3H3,(H,22,26)(H2,21,23,24);1H. The minimum atomic E-state index is -0.109. The summed E-state index contributed by atoms with van der Waals surface area (Å²) in [6.07, 6.45) is 2.29. The van der Waals surface area contributed by atoms with Gasteiger partial charge in [0, 0.05) is 38.8 Å². The van der Waals surface area contributed by atoms with Gasteiger partial charge in [-0.05, 0) is 23.6 Å². The van der Waals surface area contributed by atoms with Gasteiger partial charge >= 0.3 is 0 Å². The predicted octanol–water partition coefficient (Wildman–Crippen LogP) is 1.98. The van der Waals surface area contributed by atoms with E-state index in [0.29, 0.717) is 31.1 Å². The summed E-state index contributed by atoms with van der Waals surface area (Å²) in [6, 6.07) is 7.48. The van der Waals surface area contributed by atoms with Gasteiger partial charge in [-0.25, -0.2) is 0 Å². The molecule has 0 aliphatic carbocycles. The lowest BCUT2D eigenvalue weighted by atomic mass is 10.0. The van der Waals surface area contributed by atoms with Crippen LogP contribution in [0.15, 0.2) is 29.3 Å². The molecule has 0 aromatic heterocycles. The van der Waals surface area contributed by atoms with E-state index < -0.39 is 0 Å². The first-order valence-electron chi connectivity index (χ1n) is 9.66. The van der Waals surface area contributed by atoms with E-state index >= 15 is 0 Å². The minimum absolute atomic E-state index is 0. The maximum absolute atomic E-state index is 12.5. The molecule has 2 rings (SSSR count). The highest BCUT2D eigenvalue weighted by molar-refractivity contribution is 14.0. The number of benzene rings is 1. The Balaban J connectivity index is 0.00000392. The van der Waals surface area contributed by atoms with Crippen molar-refractivity contribution in [2.45, 2.75) is 33.2 Å². The zero-order valence-electron chi connectivity index (χ0n) is 17.0. The minimum Gasteiger partial charge on any atom is -0.356 e. The van der Waals surface area contributed by atoms with Gasteiger partial charge in [0.15, 0.2) is 5.96 Å². The number of amides is 2. The lowest BCUT2D eigenvalue weighted by molar-refractivity contribution is -0.123. The summed E-state index contributed by atoms with van der Waals surface area (Å²) in [7, 11) is 1.76. The van der Waals surface area contributed by atoms with E-state index in [1.807, 2.05) is 24.3 Å². The number of guanidine groups is 1. The molecule has 3 N–H and O–H groups in total. The van der Waals surface area contributed by atoms with E-state index in [0.717, 1.165) is 30.9 Å². The quantitative estimate of drug-likeness (QED) is 0.303. The van der Waals surface area contributed by atoms with E-state index in [1.54, 1.807) is 11.9 Å². The molecule has 1 saturated heterocycles. The van der Waals surface area contributed by atoms with E-state index in [9.17, 15) is 9.59 Å². The van der Waals surface area contributed by atoms with Crippen molar-refractivity contribution in [3.8, 4) is 0 Å². The van der Waals surface area contributed by atoms with Crippen LogP contribution in [0.3, 0.4) is 0 Å². The van der Waals surface area contributed by atoms with Crippen molar-refractivity contribution in [3.05, 3.63) is 35.4 Å². The smallest absolute Gasteiger partial charge is 0.254 e. The van der Waals surface area contributed by atoms with Crippen LogP contribution < -0.4 is 16.0 Å². The van der Waals surface area contributed by atoms with Crippen LogP contribution in [0, 0.1) is 5.92 Å². The normalized spacial score (nSPS) is 14.4. The first-order valence-corrected chi connectivity index (χ1v) is 9.66. The van der Waals surface area contributed by atoms with Crippen molar-refractivity contribution < 1.29 is 9.59 Å². The lowest BCUT2D eigenvalue weighted by Crippen LogP contribution is -2.49. The molecule has 1 heterocycles. The Morgan fingerprint density at radius 3 is 2.46 bits per heavy atom. The summed E-state index contributed by atoms with van der Waals surface area (Å²) in [5.41, 5.74) is 1.66. The number of nitrogens with zero attached hydrogens (tertiary/aromatic N) is 2. The van der Waals surface area contributed by atoms with Crippen LogP contribution in [-0.4, -0.2) is 55.9 Å². The van der Waals surface area contributed by atoms with E-state index in [-0.39, 0.29) is 42.3 Å². The van der Waals surface area contributed by atoms with Crippen LogP contribution in [0.1, 0.15) is 42.6 Å². The van der Waals surface area contributed by atoms with Crippen molar-refractivity contribution in [1.29, 1.82) is 0 Å². The van der Waals surface area contributed by atoms with Gasteiger partial charge in [0.1, 0.15) is 0 Å². The third-order valence-corrected chi connectivity index (χ3v) is 4.92. The molecule has 0 atom stereocenters. The van der Waals surface area contributed by atoms with Crippen LogP contribution >= 0.6 is 24.0 Å². The molecule has 1 aliphatic heterocycles. The molecule has 156 valence electrons. The number of hydrogen-bond donors (Lipinski definition) is 3. The molecule has 1 fully saturated rings. The molecule has 1 aliphatic rings. The fourth-order valence-electron chi connectivity index (χ4n) is 2.98. The van der Waals surface area contributed by atoms with Gasteiger partial charge < -0.3 is 20.9 Å². The van der Waals surface area contributed by atoms with Gasteiger partial charge in [0.25, 0.3) is 5.91 Å². The first kappa shape index (κ1) is 24.2. The molecule has 7 nitrogen and oxygen atoms in total. The van der Waals surface area contributed by atoms with Gasteiger partial charge in [-0.1, -0.05) is 38.8 Å². The average Bonchev–Trinajstić information content (AvgIpc) is 2.70. The summed E-state index contributed by atoms with van der Waals surface area (Å²) >= 11 is 0. The molecule has 1 aromatic carbocycles. The first-order chi connectivity index (χ1) is 13.1. The van der Waals surface area contributed by atoms with E-state index in [1.165, 1.54) is 0 Å². The topological polar surface area (TPSA) is 85.8 Å². The van der Waals surface area contributed by atoms with Crippen molar-refractivity contribution in [2.24, 2.45) is 10.9 Å². The third kappa shape index (κ3) is 7.29. The fourth-order valence-corrected chi connectivity index (χ4v) is 2.98. The Kier molecular flexibility index (Phi) is 10.9. The molecular formula is C20H32IN5O2. The van der Waals surface area contributed by atoms with Crippen molar-refractivity contribution in [3.63, 3.8) is 0 Å². The summed E-state index contributed by atoms with van der Waals surface area (Å²) < 4.78 is 0. The summed E-state index contributed by atoms with van der Waals surface area (Å²) in [5.74, 6) is 1.21. The number of nitrogens with one attached hydrogen (secondary N) is 3. The zero-order chi connectivity index (χ0) is 19.6. The Bertz CT molecular complexity index is 659. The van der Waals surface area contributed by atoms with Gasteiger partial charge in [-0.3, -0.25) is 14.6 Å². The Morgan fingerprint density at radius 1 is 1.21 bits per heavy atom. The third-order valence-electron chi connectivity index (χ3n) is 4.92. The number of piperazine rings is 1. The largest absolute Gasteiger partial charge is 0.356 e. The lowest BCUT2D eigenvalue weighted by Gasteiger charge is -2.26. The molecule has 0 unspecified atom stereocenters. The molecule has 8 heteroatoms. The van der Waals surface area contributed by atoms with Crippen LogP contribution in [0.4, 0.5) is 0 Å². The van der Waals surface area contributed by atoms with Crippen LogP contribution in [0.5, 0.6) is 0 Å². The number of carbonyl (C=O) groups is 2. The highest BCUT2D eigenvalue weighted by Crippen LogP contribution is 2.09. The van der Waals surface area contributed by atoms with Gasteiger partial charge in [0.05, 0.1) is 6.54 Å². The second-order valence-corrected chi connectivity index (χ2v) is 6.76. The number of carbonyl (C=O) groups excluding carboxylic acids is 2. The number of rotatable bonds is 7. The number of aliphatic imine (C=N–C) groups is 1. The second-order valence-electron chi connectivity index (χ2n) is 6.76. The van der Waals surface area contributed by atoms with Gasteiger partial charge in [0.2, 0.25) is 5.91 Å². The van der Waals surface area contributed by atoms with Crippen LogP contribution in [0.2, 0.25) is 0 Å². The summed E-state index contributed by atoms with van der Waals surface area (Å²) in [6.45, 7) is 7.12. The predicted molar refractivity (Wildman–Crippen MR) is 123 cm³/mol. The second kappa shape index (κ2) is 12.6. The van der Waals surface area contributed by atoms with Crippen molar-refractivity contribution >= 4 is 41.8 Å². The Hall–Kier alpha value is -1.84. The zero-order valence-corrected chi connectivity index (χ0v) is 19.3. The average molecular weight is 501 g/mol. The SMILES string of the molecule is CCC(CC)CNC(=NC)NCc1ccc(C(=O)N2CCNC(=O)C2)cc1.I. The van der Waals surface area contributed by atoms with E-state index in [4.69, 9.17) is 0 Å². The number of hydrogen-bond acceptors (Lipinski definition) is 3. The molecule has 1 aromatic rings. The van der Waals surface area contributed by atoms with Crippen molar-refractivity contribution in [1.82, 2.24) is 20.9 Å². The Morgan fingerprint density at radius 2 is 1.89 bits per heavy atom. The highest BCUT2D eigenvalue weighted by atomic mass is 127.